The predicted octanol–water partition coefficient (Wildman–Crippen LogP) is 5.54. The van der Waals surface area contributed by atoms with E-state index < -0.39 is 5.76 Å². The molecule has 0 spiro atoms. The summed E-state index contributed by atoms with van der Waals surface area (Å²) in [5, 5.41) is 4.39. The zero-order valence-electron chi connectivity index (χ0n) is 25.2. The number of hydrogen-bond acceptors (Lipinski definition) is 8. The maximum atomic E-state index is 12.9. The largest absolute Gasteiger partial charge is 0.439 e. The zero-order valence-corrected chi connectivity index (χ0v) is 26.0. The summed E-state index contributed by atoms with van der Waals surface area (Å²) in [6.07, 6.45) is 9.48. The van der Waals surface area contributed by atoms with Crippen LogP contribution in [0.4, 0.5) is 5.95 Å². The number of amides is 1. The third-order valence-electron chi connectivity index (χ3n) is 8.91. The average Bonchev–Trinajstić information content (AvgIpc) is 3.57. The van der Waals surface area contributed by atoms with Crippen LogP contribution in [0.2, 0.25) is 5.02 Å². The third-order valence-corrected chi connectivity index (χ3v) is 9.12. The second-order valence-electron chi connectivity index (χ2n) is 12.4. The number of anilines is 1. The van der Waals surface area contributed by atoms with E-state index >= 15 is 0 Å². The average molecular weight is 607 g/mol. The summed E-state index contributed by atoms with van der Waals surface area (Å²) in [4.78, 5) is 46.3. The molecule has 1 amide bonds. The summed E-state index contributed by atoms with van der Waals surface area (Å²) in [5.74, 6) is 1.88. The van der Waals surface area contributed by atoms with Crippen molar-refractivity contribution in [3.63, 3.8) is 0 Å². The molecule has 0 radical (unpaired) electrons. The second kappa shape index (κ2) is 12.1. The van der Waals surface area contributed by atoms with Crippen LogP contribution < -0.4 is 10.7 Å². The number of aromatic nitrogens is 6. The number of hydrogen-bond donors (Lipinski definition) is 1. The summed E-state index contributed by atoms with van der Waals surface area (Å²) in [6, 6.07) is 3.81. The number of rotatable bonds is 7. The Morgan fingerprint density at radius 2 is 1.81 bits per heavy atom. The van der Waals surface area contributed by atoms with Crippen molar-refractivity contribution >= 4 is 34.5 Å². The molecule has 4 aromatic heterocycles. The maximum Gasteiger partial charge on any atom is 0.439 e. The molecule has 1 saturated carbocycles. The van der Waals surface area contributed by atoms with Gasteiger partial charge in [0, 0.05) is 56.1 Å². The van der Waals surface area contributed by atoms with Crippen molar-refractivity contribution in [1.82, 2.24) is 34.6 Å². The van der Waals surface area contributed by atoms with Crippen LogP contribution >= 0.6 is 11.6 Å². The Labute approximate surface area is 255 Å². The Morgan fingerprint density at radius 3 is 2.47 bits per heavy atom. The number of H-pyrrole nitrogens is 1. The minimum Gasteiger partial charge on any atom is -0.339 e. The van der Waals surface area contributed by atoms with E-state index in [2.05, 4.69) is 45.4 Å². The molecule has 43 heavy (non-hydrogen) atoms. The number of aromatic amines is 1. The van der Waals surface area contributed by atoms with Gasteiger partial charge in [-0.05, 0) is 57.1 Å². The first kappa shape index (κ1) is 29.3. The number of carbonyl (C=O) groups is 1. The number of fused-ring (bicyclic) bond motifs is 1. The number of pyridine rings is 2. The van der Waals surface area contributed by atoms with Gasteiger partial charge in [0.2, 0.25) is 17.7 Å². The highest BCUT2D eigenvalue weighted by Crippen LogP contribution is 2.38. The van der Waals surface area contributed by atoms with Crippen LogP contribution in [-0.2, 0) is 11.3 Å². The molecule has 4 aromatic rings. The number of piperazine rings is 1. The van der Waals surface area contributed by atoms with Gasteiger partial charge in [0.1, 0.15) is 5.69 Å². The van der Waals surface area contributed by atoms with Crippen LogP contribution in [0.1, 0.15) is 66.2 Å². The van der Waals surface area contributed by atoms with Gasteiger partial charge in [-0.15, -0.1) is 0 Å². The first-order chi connectivity index (χ1) is 20.7. The van der Waals surface area contributed by atoms with Crippen LogP contribution in [0.15, 0.2) is 33.8 Å². The van der Waals surface area contributed by atoms with E-state index in [1.54, 1.807) is 12.4 Å². The van der Waals surface area contributed by atoms with E-state index in [-0.39, 0.29) is 23.8 Å². The highest BCUT2D eigenvalue weighted by molar-refractivity contribution is 6.30. The van der Waals surface area contributed by atoms with Crippen LogP contribution in [0.25, 0.3) is 33.8 Å². The molecule has 6 rings (SSSR count). The number of nitrogens with one attached hydrogen (secondary N) is 1. The van der Waals surface area contributed by atoms with Crippen molar-refractivity contribution in [1.29, 1.82) is 0 Å². The molecule has 0 aromatic carbocycles. The summed E-state index contributed by atoms with van der Waals surface area (Å²) < 4.78 is 7.13. The second-order valence-corrected chi connectivity index (χ2v) is 12.8. The molecule has 12 heteroatoms. The van der Waals surface area contributed by atoms with E-state index in [1.807, 2.05) is 24.0 Å². The highest BCUT2D eigenvalue weighted by Gasteiger charge is 2.36. The van der Waals surface area contributed by atoms with Gasteiger partial charge in [0.25, 0.3) is 0 Å². The molecule has 228 valence electrons. The first-order valence-electron chi connectivity index (χ1n) is 15.4. The molecule has 5 heterocycles. The number of carbonyl (C=O) groups excluding carboxylic acids is 1. The first-order valence-corrected chi connectivity index (χ1v) is 15.7. The van der Waals surface area contributed by atoms with Crippen LogP contribution in [0.3, 0.4) is 0 Å². The minimum absolute atomic E-state index is 0.0575. The number of halogens is 1. The van der Waals surface area contributed by atoms with Gasteiger partial charge in [-0.3, -0.25) is 19.3 Å². The molecular formula is C31H39ClN8O3. The monoisotopic (exact) mass is 606 g/mol. The lowest BCUT2D eigenvalue weighted by molar-refractivity contribution is -0.132. The van der Waals surface area contributed by atoms with Crippen molar-refractivity contribution in [3.8, 4) is 22.8 Å². The molecule has 1 saturated heterocycles. The van der Waals surface area contributed by atoms with Gasteiger partial charge in [-0.2, -0.15) is 0 Å². The smallest absolute Gasteiger partial charge is 0.339 e. The lowest BCUT2D eigenvalue weighted by Gasteiger charge is -2.45. The Morgan fingerprint density at radius 1 is 1.07 bits per heavy atom. The van der Waals surface area contributed by atoms with Crippen LogP contribution in [0.5, 0.6) is 0 Å². The fourth-order valence-corrected chi connectivity index (χ4v) is 6.95. The molecule has 1 aliphatic carbocycles. The lowest BCUT2D eigenvalue weighted by atomic mass is 9.83. The molecule has 11 nitrogen and oxygen atoms in total. The highest BCUT2D eigenvalue weighted by atomic mass is 35.5. The predicted molar refractivity (Wildman–Crippen MR) is 166 cm³/mol. The fraction of sp³-hybridized carbons (Fsp3) is 0.548. The quantitative estimate of drug-likeness (QED) is 0.290. The Balaban J connectivity index is 1.53. The van der Waals surface area contributed by atoms with Gasteiger partial charge in [-0.25, -0.2) is 14.8 Å². The molecule has 2 atom stereocenters. The lowest BCUT2D eigenvalue weighted by Crippen LogP contribution is -2.59. The van der Waals surface area contributed by atoms with E-state index in [0.29, 0.717) is 41.8 Å². The Hall–Kier alpha value is -3.73. The maximum absolute atomic E-state index is 12.9. The van der Waals surface area contributed by atoms with E-state index in [1.165, 1.54) is 12.8 Å². The van der Waals surface area contributed by atoms with Crippen LogP contribution in [-0.4, -0.2) is 65.6 Å². The van der Waals surface area contributed by atoms with Crippen molar-refractivity contribution in [2.45, 2.75) is 84.8 Å². The molecule has 2 aliphatic rings. The minimum atomic E-state index is -0.654. The van der Waals surface area contributed by atoms with E-state index in [0.717, 1.165) is 54.3 Å². The van der Waals surface area contributed by atoms with Gasteiger partial charge in [0.15, 0.2) is 0 Å². The van der Waals surface area contributed by atoms with Gasteiger partial charge >= 0.3 is 5.76 Å². The summed E-state index contributed by atoms with van der Waals surface area (Å²) in [7, 11) is 0. The van der Waals surface area contributed by atoms with E-state index in [4.69, 9.17) is 26.1 Å². The van der Waals surface area contributed by atoms with Gasteiger partial charge in [-0.1, -0.05) is 43.4 Å². The Bertz CT molecular complexity index is 1660. The topological polar surface area (TPSA) is 126 Å². The third kappa shape index (κ3) is 5.91. The van der Waals surface area contributed by atoms with Crippen molar-refractivity contribution < 1.29 is 9.32 Å². The summed E-state index contributed by atoms with van der Waals surface area (Å²) in [5.41, 5.74) is 3.45. The number of nitrogens with zero attached hydrogens (tertiary/aromatic N) is 7. The van der Waals surface area contributed by atoms with Crippen molar-refractivity contribution in [2.75, 3.05) is 18.0 Å². The van der Waals surface area contributed by atoms with Crippen molar-refractivity contribution in [3.05, 3.63) is 40.1 Å². The zero-order chi connectivity index (χ0) is 30.2. The van der Waals surface area contributed by atoms with Gasteiger partial charge < -0.3 is 14.4 Å². The summed E-state index contributed by atoms with van der Waals surface area (Å²) >= 11 is 6.41. The fourth-order valence-electron chi connectivity index (χ4n) is 6.78. The standard InChI is InChI=1S/C31H39ClN8O3/c1-5-6-26(41)38-15-19(3)40(20(4)16-38)30-35-24-12-25(29-36-31(42)43-37-29)34-27(22-11-23(32)14-33-13-22)28(24)39(30)17-21-9-7-18(2)8-10-21/h11-14,18-21H,5-10,15-17H2,1-4H3,(H,36,37,42)/t18?,19-,20-,21?/m1/s1. The molecular weight excluding hydrogens is 568 g/mol. The number of imidazole rings is 1. The Kier molecular flexibility index (Phi) is 8.26. The van der Waals surface area contributed by atoms with Crippen molar-refractivity contribution in [2.24, 2.45) is 11.8 Å². The molecule has 1 aliphatic heterocycles. The van der Waals surface area contributed by atoms with Crippen LogP contribution in [0, 0.1) is 11.8 Å². The molecule has 1 N–H and O–H groups in total. The van der Waals surface area contributed by atoms with Gasteiger partial charge in [0.05, 0.1) is 21.7 Å². The normalized spacial score (nSPS) is 22.8. The molecule has 0 bridgehead atoms. The summed E-state index contributed by atoms with van der Waals surface area (Å²) in [6.45, 7) is 10.8. The SMILES string of the molecule is CCCC(=O)N1C[C@@H](C)N(c2nc3cc(-c4noc(=O)[nH]4)nc(-c4cncc(Cl)c4)c3n2CC2CCC(C)CC2)[C@H](C)C1. The molecule has 0 unspecified atom stereocenters. The van der Waals surface area contributed by atoms with E-state index in [9.17, 15) is 9.59 Å². The molecule has 2 fully saturated rings.